The minimum absolute atomic E-state index is 0.0832. The summed E-state index contributed by atoms with van der Waals surface area (Å²) >= 11 is 9.36. The van der Waals surface area contributed by atoms with E-state index in [0.29, 0.717) is 32.1 Å². The van der Waals surface area contributed by atoms with E-state index in [1.807, 2.05) is 0 Å². The van der Waals surface area contributed by atoms with Crippen LogP contribution in [0.25, 0.3) is 22.3 Å². The lowest BCUT2D eigenvalue weighted by Crippen LogP contribution is -2.18. The third-order valence-corrected chi connectivity index (χ3v) is 4.63. The van der Waals surface area contributed by atoms with Crippen molar-refractivity contribution in [2.24, 2.45) is 0 Å². The van der Waals surface area contributed by atoms with E-state index >= 15 is 0 Å². The first kappa shape index (κ1) is 19.8. The minimum Gasteiger partial charge on any atom is -0.355 e. The maximum Gasteiger partial charge on any atom is 0.389 e. The van der Waals surface area contributed by atoms with E-state index in [1.165, 1.54) is 11.7 Å². The molecule has 3 rings (SSSR count). The first-order valence-corrected chi connectivity index (χ1v) is 9.20. The largest absolute Gasteiger partial charge is 0.389 e. The normalized spacial score (nSPS) is 11.9. The summed E-state index contributed by atoms with van der Waals surface area (Å²) in [6.07, 6.45) is -5.17. The summed E-state index contributed by atoms with van der Waals surface area (Å²) in [6, 6.07) is 6.76. The van der Waals surface area contributed by atoms with Crippen molar-refractivity contribution in [1.82, 2.24) is 20.1 Å². The Hall–Kier alpha value is -2.00. The number of carbonyl (C=O) groups excluding carboxylic acids is 1. The van der Waals surface area contributed by atoms with Crippen molar-refractivity contribution in [3.8, 4) is 11.4 Å². The van der Waals surface area contributed by atoms with Crippen molar-refractivity contribution in [2.45, 2.75) is 25.6 Å². The highest BCUT2D eigenvalue weighted by Crippen LogP contribution is 2.31. The highest BCUT2D eigenvalue weighted by molar-refractivity contribution is 9.10. The Bertz CT molecular complexity index is 996. The summed E-state index contributed by atoms with van der Waals surface area (Å²) in [7, 11) is 1.52. The van der Waals surface area contributed by atoms with Crippen LogP contribution in [0.5, 0.6) is 0 Å². The predicted molar refractivity (Wildman–Crippen MR) is 101 cm³/mol. The fourth-order valence-electron chi connectivity index (χ4n) is 2.86. The molecule has 27 heavy (non-hydrogen) atoms. The lowest BCUT2D eigenvalue weighted by atomic mass is 10.1. The molecular formula is C17H15BrClF3N4O. The molecule has 1 aromatic carbocycles. The van der Waals surface area contributed by atoms with Gasteiger partial charge in [0.1, 0.15) is 4.60 Å². The molecular weight excluding hydrogens is 449 g/mol. The summed E-state index contributed by atoms with van der Waals surface area (Å²) in [4.78, 5) is 15.3. The van der Waals surface area contributed by atoms with Gasteiger partial charge in [0.05, 0.1) is 22.5 Å². The fraction of sp³-hybridized carbons (Fsp3) is 0.294. The molecule has 0 saturated carbocycles. The highest BCUT2D eigenvalue weighted by atomic mass is 79.9. The Balaban J connectivity index is 1.99. The van der Waals surface area contributed by atoms with Gasteiger partial charge in [0.2, 0.25) is 0 Å². The number of nitrogens with zero attached hydrogens (tertiary/aromatic N) is 2. The van der Waals surface area contributed by atoms with Gasteiger partial charge in [-0.3, -0.25) is 9.48 Å². The fourth-order valence-corrected chi connectivity index (χ4v) is 3.50. The van der Waals surface area contributed by atoms with Crippen molar-refractivity contribution >= 4 is 44.3 Å². The summed E-state index contributed by atoms with van der Waals surface area (Å²) in [5.74, 6) is -0.296. The second-order valence-corrected chi connectivity index (χ2v) is 7.22. The van der Waals surface area contributed by atoms with Gasteiger partial charge in [-0.05, 0) is 40.5 Å². The molecule has 3 aromatic rings. The molecule has 0 aliphatic carbocycles. The number of aryl methyl sites for hydroxylation is 1. The van der Waals surface area contributed by atoms with E-state index in [4.69, 9.17) is 11.6 Å². The van der Waals surface area contributed by atoms with Gasteiger partial charge >= 0.3 is 6.18 Å². The number of halogens is 5. The number of alkyl halides is 3. The number of aromatic amines is 1. The Labute approximate surface area is 166 Å². The van der Waals surface area contributed by atoms with Gasteiger partial charge in [-0.2, -0.15) is 18.3 Å². The molecule has 0 fully saturated rings. The van der Waals surface area contributed by atoms with E-state index in [-0.39, 0.29) is 18.9 Å². The third kappa shape index (κ3) is 4.47. The summed E-state index contributed by atoms with van der Waals surface area (Å²) in [5, 5.41) is 7.89. The quantitative estimate of drug-likeness (QED) is 0.550. The molecule has 0 unspecified atom stereocenters. The van der Waals surface area contributed by atoms with E-state index in [2.05, 4.69) is 31.3 Å². The first-order chi connectivity index (χ1) is 12.7. The molecule has 5 nitrogen and oxygen atoms in total. The molecule has 2 N–H and O–H groups in total. The van der Waals surface area contributed by atoms with Gasteiger partial charge in [0, 0.05) is 36.5 Å². The van der Waals surface area contributed by atoms with Crippen molar-refractivity contribution in [2.75, 3.05) is 7.05 Å². The molecule has 0 atom stereocenters. The Morgan fingerprint density at radius 1 is 1.33 bits per heavy atom. The zero-order chi connectivity index (χ0) is 19.8. The monoisotopic (exact) mass is 462 g/mol. The number of aromatic nitrogens is 3. The van der Waals surface area contributed by atoms with Gasteiger partial charge in [-0.15, -0.1) is 0 Å². The Morgan fingerprint density at radius 2 is 2.07 bits per heavy atom. The Kier molecular flexibility index (Phi) is 5.53. The van der Waals surface area contributed by atoms with E-state index < -0.39 is 12.6 Å². The van der Waals surface area contributed by atoms with Crippen molar-refractivity contribution < 1.29 is 18.0 Å². The van der Waals surface area contributed by atoms with Gasteiger partial charge < -0.3 is 10.3 Å². The predicted octanol–water partition coefficient (Wildman–Crippen LogP) is 5.15. The molecule has 1 amide bonds. The van der Waals surface area contributed by atoms with Crippen LogP contribution in [0.3, 0.4) is 0 Å². The van der Waals surface area contributed by atoms with Crippen LogP contribution in [0.4, 0.5) is 13.2 Å². The molecule has 10 heteroatoms. The van der Waals surface area contributed by atoms with Crippen LogP contribution in [0.2, 0.25) is 5.02 Å². The van der Waals surface area contributed by atoms with Crippen LogP contribution in [0, 0.1) is 0 Å². The molecule has 0 radical (unpaired) electrons. The van der Waals surface area contributed by atoms with E-state index in [9.17, 15) is 18.0 Å². The summed E-state index contributed by atoms with van der Waals surface area (Å²) < 4.78 is 39.3. The van der Waals surface area contributed by atoms with Crippen LogP contribution in [0.1, 0.15) is 23.2 Å². The number of H-pyrrole nitrogens is 1. The van der Waals surface area contributed by atoms with Gasteiger partial charge in [-0.25, -0.2) is 0 Å². The summed E-state index contributed by atoms with van der Waals surface area (Å²) in [6.45, 7) is 0.110. The van der Waals surface area contributed by atoms with Crippen molar-refractivity contribution in [1.29, 1.82) is 0 Å². The number of hydrogen-bond acceptors (Lipinski definition) is 2. The third-order valence-electron chi connectivity index (χ3n) is 4.02. The highest BCUT2D eigenvalue weighted by Gasteiger charge is 2.26. The lowest BCUT2D eigenvalue weighted by molar-refractivity contribution is -0.136. The second-order valence-electron chi connectivity index (χ2n) is 5.97. The zero-order valence-electron chi connectivity index (χ0n) is 14.1. The van der Waals surface area contributed by atoms with Crippen LogP contribution in [-0.4, -0.2) is 33.9 Å². The van der Waals surface area contributed by atoms with Gasteiger partial charge in [-0.1, -0.05) is 11.6 Å². The van der Waals surface area contributed by atoms with Crippen molar-refractivity contribution in [3.05, 3.63) is 39.5 Å². The molecule has 2 heterocycles. The van der Waals surface area contributed by atoms with Crippen LogP contribution in [0.15, 0.2) is 28.9 Å². The molecule has 0 spiro atoms. The maximum atomic E-state index is 12.4. The number of amides is 1. The zero-order valence-corrected chi connectivity index (χ0v) is 16.5. The SMILES string of the molecule is CNC(=O)c1cc(Cl)cc2cc(-c3cc(Br)nn3CCCC(F)(F)F)[nH]c12. The minimum atomic E-state index is -4.20. The maximum absolute atomic E-state index is 12.4. The van der Waals surface area contributed by atoms with Crippen molar-refractivity contribution in [3.63, 3.8) is 0 Å². The number of fused-ring (bicyclic) bond motifs is 1. The molecule has 0 bridgehead atoms. The van der Waals surface area contributed by atoms with Crippen LogP contribution < -0.4 is 5.32 Å². The molecule has 0 aliphatic heterocycles. The van der Waals surface area contributed by atoms with E-state index in [0.717, 1.165) is 5.39 Å². The number of rotatable bonds is 5. The smallest absolute Gasteiger partial charge is 0.355 e. The standard InChI is InChI=1S/C17H15BrClF3N4O/c1-23-16(27)11-7-10(19)5-9-6-12(24-15(9)11)13-8-14(18)25-26(13)4-2-3-17(20,21)22/h5-8,24H,2-4H2,1H3,(H,23,27). The molecule has 0 saturated heterocycles. The average molecular weight is 464 g/mol. The molecule has 144 valence electrons. The first-order valence-electron chi connectivity index (χ1n) is 8.03. The number of carbonyl (C=O) groups is 1. The van der Waals surface area contributed by atoms with Crippen LogP contribution in [-0.2, 0) is 6.54 Å². The van der Waals surface area contributed by atoms with Gasteiger partial charge in [0.25, 0.3) is 5.91 Å². The number of benzene rings is 1. The molecule has 0 aliphatic rings. The number of nitrogens with one attached hydrogen (secondary N) is 2. The lowest BCUT2D eigenvalue weighted by Gasteiger charge is -2.08. The van der Waals surface area contributed by atoms with Crippen LogP contribution >= 0.6 is 27.5 Å². The topological polar surface area (TPSA) is 62.7 Å². The Morgan fingerprint density at radius 3 is 2.74 bits per heavy atom. The van der Waals surface area contributed by atoms with Gasteiger partial charge in [0.15, 0.2) is 0 Å². The average Bonchev–Trinajstić information content (AvgIpc) is 3.15. The second kappa shape index (κ2) is 7.55. The molecule has 2 aromatic heterocycles. The van der Waals surface area contributed by atoms with E-state index in [1.54, 1.807) is 24.3 Å². The number of hydrogen-bond donors (Lipinski definition) is 2. The summed E-state index contributed by atoms with van der Waals surface area (Å²) in [5.41, 5.74) is 2.21.